The van der Waals surface area contributed by atoms with Crippen molar-refractivity contribution in [3.63, 3.8) is 0 Å². The van der Waals surface area contributed by atoms with E-state index in [1.54, 1.807) is 6.07 Å². The highest BCUT2D eigenvalue weighted by molar-refractivity contribution is 7.17. The van der Waals surface area contributed by atoms with Crippen molar-refractivity contribution >= 4 is 17.3 Å². The van der Waals surface area contributed by atoms with Crippen LogP contribution in [-0.2, 0) is 11.2 Å². The Morgan fingerprint density at radius 3 is 2.67 bits per heavy atom. The average molecular weight is 422 g/mol. The van der Waals surface area contributed by atoms with Crippen molar-refractivity contribution in [3.05, 3.63) is 53.1 Å². The number of ether oxygens (including phenoxy) is 1. The molecule has 0 radical (unpaired) electrons. The molecule has 0 saturated carbocycles. The van der Waals surface area contributed by atoms with Crippen LogP contribution < -0.4 is 4.74 Å². The van der Waals surface area contributed by atoms with Gasteiger partial charge in [0, 0.05) is 17.5 Å². The number of aliphatic carboxylic acids is 1. The van der Waals surface area contributed by atoms with Gasteiger partial charge in [0.1, 0.15) is 21.8 Å². The second-order valence-corrected chi connectivity index (χ2v) is 8.09. The molecule has 1 atom stereocenters. The van der Waals surface area contributed by atoms with Crippen molar-refractivity contribution in [2.45, 2.75) is 46.1 Å². The van der Waals surface area contributed by atoms with Crippen LogP contribution in [0.5, 0.6) is 5.75 Å². The summed E-state index contributed by atoms with van der Waals surface area (Å²) in [4.78, 5) is 10.8. The number of carbonyl (C=O) groups is 1. The lowest BCUT2D eigenvalue weighted by Crippen LogP contribution is -2.10. The molecule has 30 heavy (non-hydrogen) atoms. The Balaban J connectivity index is 1.84. The number of carboxylic acid groups (broad SMARTS) is 1. The van der Waals surface area contributed by atoms with Crippen LogP contribution in [0.4, 0.5) is 0 Å². The van der Waals surface area contributed by atoms with Crippen molar-refractivity contribution in [1.82, 2.24) is 10.2 Å². The number of hydrogen-bond acceptors (Lipinski definition) is 6. The Hall–Kier alpha value is -3.24. The lowest BCUT2D eigenvalue weighted by atomic mass is 10.0. The van der Waals surface area contributed by atoms with Gasteiger partial charge < -0.3 is 9.84 Å². The van der Waals surface area contributed by atoms with E-state index in [1.807, 2.05) is 51.1 Å². The molecule has 2 aromatic carbocycles. The van der Waals surface area contributed by atoms with E-state index in [4.69, 9.17) is 9.84 Å². The zero-order valence-corrected chi connectivity index (χ0v) is 18.0. The van der Waals surface area contributed by atoms with Gasteiger partial charge in [-0.1, -0.05) is 36.5 Å². The molecule has 0 aliphatic rings. The number of aromatic nitrogens is 2. The molecule has 0 aliphatic carbocycles. The fourth-order valence-electron chi connectivity index (χ4n) is 2.97. The second-order valence-electron chi connectivity index (χ2n) is 7.11. The average Bonchev–Trinajstić information content (AvgIpc) is 3.22. The number of benzene rings is 2. The van der Waals surface area contributed by atoms with Crippen molar-refractivity contribution in [1.29, 1.82) is 5.26 Å². The van der Waals surface area contributed by atoms with E-state index in [1.165, 1.54) is 11.3 Å². The largest absolute Gasteiger partial charge is 0.489 e. The Labute approximate surface area is 179 Å². The van der Waals surface area contributed by atoms with Crippen molar-refractivity contribution in [2.75, 3.05) is 0 Å². The van der Waals surface area contributed by atoms with Gasteiger partial charge in [-0.15, -0.1) is 10.2 Å². The molecule has 3 rings (SSSR count). The topological polar surface area (TPSA) is 96.1 Å². The summed E-state index contributed by atoms with van der Waals surface area (Å²) in [5, 5.41) is 28.5. The van der Waals surface area contributed by atoms with Crippen LogP contribution >= 0.6 is 11.3 Å². The third-order valence-electron chi connectivity index (χ3n) is 4.82. The van der Waals surface area contributed by atoms with Gasteiger partial charge >= 0.3 is 5.97 Å². The minimum absolute atomic E-state index is 0.0394. The number of nitriles is 1. The standard InChI is InChI=1S/C23H23N3O3S/c1-4-15(3)29-20-9-7-17(12-18(20)13-24)22-25-26-23(30-22)19-8-5-16(11-14(19)2)6-10-21(27)28/h5,7-9,11-12,15H,4,6,10H2,1-3H3,(H,27,28). The van der Waals surface area contributed by atoms with Gasteiger partial charge in [0.05, 0.1) is 11.7 Å². The van der Waals surface area contributed by atoms with Gasteiger partial charge in [0.15, 0.2) is 0 Å². The molecule has 0 aliphatic heterocycles. The predicted molar refractivity (Wildman–Crippen MR) is 117 cm³/mol. The maximum absolute atomic E-state index is 10.8. The maximum atomic E-state index is 10.8. The molecule has 1 aromatic heterocycles. The molecule has 0 spiro atoms. The molecule has 1 N–H and O–H groups in total. The summed E-state index contributed by atoms with van der Waals surface area (Å²) in [6, 6.07) is 13.6. The molecule has 0 amide bonds. The first-order chi connectivity index (χ1) is 14.4. The van der Waals surface area contributed by atoms with Gasteiger partial charge in [-0.2, -0.15) is 5.26 Å². The fraction of sp³-hybridized carbons (Fsp3) is 0.304. The Bertz CT molecular complexity index is 1100. The molecule has 3 aromatic rings. The molecule has 154 valence electrons. The number of aryl methyl sites for hydroxylation is 2. The molecule has 1 heterocycles. The highest BCUT2D eigenvalue weighted by Gasteiger charge is 2.14. The van der Waals surface area contributed by atoms with Crippen molar-refractivity contribution < 1.29 is 14.6 Å². The van der Waals surface area contributed by atoms with Gasteiger partial charge in [-0.3, -0.25) is 4.79 Å². The Morgan fingerprint density at radius 2 is 2.00 bits per heavy atom. The van der Waals surface area contributed by atoms with Crippen LogP contribution in [0, 0.1) is 18.3 Å². The number of carboxylic acids is 1. The van der Waals surface area contributed by atoms with Gasteiger partial charge in [0.2, 0.25) is 0 Å². The van der Waals surface area contributed by atoms with Crippen LogP contribution in [0.2, 0.25) is 0 Å². The molecule has 0 saturated heterocycles. The third-order valence-corrected chi connectivity index (χ3v) is 5.83. The van der Waals surface area contributed by atoms with E-state index < -0.39 is 5.97 Å². The van der Waals surface area contributed by atoms with Crippen LogP contribution in [0.3, 0.4) is 0 Å². The molecule has 0 bridgehead atoms. The van der Waals surface area contributed by atoms with Gasteiger partial charge in [-0.05, 0) is 56.0 Å². The molecule has 7 heteroatoms. The van der Waals surface area contributed by atoms with E-state index in [9.17, 15) is 10.1 Å². The summed E-state index contributed by atoms with van der Waals surface area (Å²) in [6.07, 6.45) is 1.51. The predicted octanol–water partition coefficient (Wildman–Crippen LogP) is 5.25. The normalized spacial score (nSPS) is 11.7. The van der Waals surface area contributed by atoms with E-state index in [-0.39, 0.29) is 12.5 Å². The van der Waals surface area contributed by atoms with Crippen LogP contribution in [0.25, 0.3) is 21.1 Å². The number of hydrogen-bond donors (Lipinski definition) is 1. The first-order valence-corrected chi connectivity index (χ1v) is 10.6. The zero-order valence-electron chi connectivity index (χ0n) is 17.2. The lowest BCUT2D eigenvalue weighted by Gasteiger charge is -2.14. The molecule has 1 unspecified atom stereocenters. The summed E-state index contributed by atoms with van der Waals surface area (Å²) in [7, 11) is 0. The van der Waals surface area contributed by atoms with Crippen molar-refractivity contribution in [2.24, 2.45) is 0 Å². The summed E-state index contributed by atoms with van der Waals surface area (Å²) < 4.78 is 5.82. The summed E-state index contributed by atoms with van der Waals surface area (Å²) >= 11 is 1.45. The van der Waals surface area contributed by atoms with E-state index in [2.05, 4.69) is 16.3 Å². The van der Waals surface area contributed by atoms with E-state index >= 15 is 0 Å². The van der Waals surface area contributed by atoms with Crippen LogP contribution in [-0.4, -0.2) is 27.4 Å². The minimum Gasteiger partial charge on any atom is -0.489 e. The monoisotopic (exact) mass is 421 g/mol. The molecule has 6 nitrogen and oxygen atoms in total. The summed E-state index contributed by atoms with van der Waals surface area (Å²) in [5.41, 5.74) is 4.27. The minimum atomic E-state index is -0.803. The Kier molecular flexibility index (Phi) is 6.80. The highest BCUT2D eigenvalue weighted by atomic mass is 32.1. The smallest absolute Gasteiger partial charge is 0.303 e. The molecular formula is C23H23N3O3S. The quantitative estimate of drug-likeness (QED) is 0.534. The molecule has 0 fully saturated rings. The van der Waals surface area contributed by atoms with E-state index in [0.29, 0.717) is 17.7 Å². The zero-order chi connectivity index (χ0) is 21.7. The van der Waals surface area contributed by atoms with E-state index in [0.717, 1.165) is 38.7 Å². The SMILES string of the molecule is CCC(C)Oc1ccc(-c2nnc(-c3ccc(CCC(=O)O)cc3C)s2)cc1C#N. The first-order valence-electron chi connectivity index (χ1n) is 9.77. The number of nitrogens with zero attached hydrogens (tertiary/aromatic N) is 3. The first kappa shape index (κ1) is 21.5. The maximum Gasteiger partial charge on any atom is 0.303 e. The number of rotatable bonds is 8. The molecular weight excluding hydrogens is 398 g/mol. The Morgan fingerprint density at radius 1 is 1.23 bits per heavy atom. The van der Waals surface area contributed by atoms with Crippen LogP contribution in [0.15, 0.2) is 36.4 Å². The van der Waals surface area contributed by atoms with Crippen molar-refractivity contribution in [3.8, 4) is 33.0 Å². The third kappa shape index (κ3) is 5.02. The van der Waals surface area contributed by atoms with Crippen LogP contribution in [0.1, 0.15) is 43.4 Å². The summed E-state index contributed by atoms with van der Waals surface area (Å²) in [6.45, 7) is 5.99. The lowest BCUT2D eigenvalue weighted by molar-refractivity contribution is -0.136. The summed E-state index contributed by atoms with van der Waals surface area (Å²) in [5.74, 6) is -0.226. The fourth-order valence-corrected chi connectivity index (χ4v) is 3.90. The van der Waals surface area contributed by atoms with Gasteiger partial charge in [0.25, 0.3) is 0 Å². The highest BCUT2D eigenvalue weighted by Crippen LogP contribution is 2.34. The van der Waals surface area contributed by atoms with Gasteiger partial charge in [-0.25, -0.2) is 0 Å². The second kappa shape index (κ2) is 9.51.